The summed E-state index contributed by atoms with van der Waals surface area (Å²) in [6, 6.07) is 0.0899. The molecule has 1 aliphatic heterocycles. The third-order valence-corrected chi connectivity index (χ3v) is 2.67. The second kappa shape index (κ2) is 4.52. The number of hydrogen-bond donors (Lipinski definition) is 2. The molecule has 1 aliphatic rings. The van der Waals surface area contributed by atoms with Gasteiger partial charge >= 0.3 is 6.18 Å². The molecule has 3 N–H and O–H groups in total. The van der Waals surface area contributed by atoms with Gasteiger partial charge in [0.15, 0.2) is 0 Å². The molecule has 1 aromatic rings. The normalized spacial score (nSPS) is 21.2. The maximum Gasteiger partial charge on any atom is 0.389 e. The second-order valence-corrected chi connectivity index (χ2v) is 4.19. The van der Waals surface area contributed by atoms with Gasteiger partial charge in [-0.15, -0.1) is 5.10 Å². The average Bonchev–Trinajstić information content (AvgIpc) is 2.81. The van der Waals surface area contributed by atoms with E-state index in [1.54, 1.807) is 0 Å². The van der Waals surface area contributed by atoms with E-state index in [1.165, 1.54) is 0 Å². The zero-order valence-corrected chi connectivity index (χ0v) is 9.17. The smallest absolute Gasteiger partial charge is 0.338 e. The van der Waals surface area contributed by atoms with Gasteiger partial charge in [-0.25, -0.2) is 0 Å². The van der Waals surface area contributed by atoms with Crippen molar-refractivity contribution in [2.75, 3.05) is 18.0 Å². The van der Waals surface area contributed by atoms with Crippen molar-refractivity contribution >= 4 is 5.95 Å². The number of H-pyrrole nitrogens is 1. The summed E-state index contributed by atoms with van der Waals surface area (Å²) in [5, 5.41) is 6.43. The monoisotopic (exact) mass is 249 g/mol. The van der Waals surface area contributed by atoms with E-state index in [0.29, 0.717) is 12.5 Å². The number of hydrogen-bond acceptors (Lipinski definition) is 4. The van der Waals surface area contributed by atoms with Crippen LogP contribution in [0.15, 0.2) is 0 Å². The predicted molar refractivity (Wildman–Crippen MR) is 55.6 cm³/mol. The van der Waals surface area contributed by atoms with Crippen molar-refractivity contribution in [3.05, 3.63) is 5.82 Å². The number of aryl methyl sites for hydroxylation is 1. The number of nitrogens with one attached hydrogen (secondary N) is 1. The highest BCUT2D eigenvalue weighted by molar-refractivity contribution is 5.31. The summed E-state index contributed by atoms with van der Waals surface area (Å²) < 4.78 is 36.0. The fraction of sp³-hybridized carbons (Fsp3) is 0.778. The quantitative estimate of drug-likeness (QED) is 0.832. The zero-order valence-electron chi connectivity index (χ0n) is 9.17. The molecule has 5 nitrogen and oxygen atoms in total. The van der Waals surface area contributed by atoms with E-state index < -0.39 is 12.6 Å². The molecule has 0 saturated carbocycles. The molecule has 96 valence electrons. The van der Waals surface area contributed by atoms with Crippen LogP contribution in [0.2, 0.25) is 0 Å². The fourth-order valence-electron chi connectivity index (χ4n) is 1.77. The summed E-state index contributed by atoms with van der Waals surface area (Å²) >= 11 is 0. The predicted octanol–water partition coefficient (Wildman–Crippen LogP) is 0.837. The van der Waals surface area contributed by atoms with Crippen LogP contribution >= 0.6 is 0 Å². The highest BCUT2D eigenvalue weighted by atomic mass is 19.4. The van der Waals surface area contributed by atoms with Crippen LogP contribution in [0, 0.1) is 0 Å². The lowest BCUT2D eigenvalue weighted by Gasteiger charge is -2.11. The molecule has 1 unspecified atom stereocenters. The molecule has 2 rings (SSSR count). The summed E-state index contributed by atoms with van der Waals surface area (Å²) in [4.78, 5) is 5.91. The van der Waals surface area contributed by atoms with Crippen molar-refractivity contribution in [1.82, 2.24) is 15.2 Å². The van der Waals surface area contributed by atoms with E-state index in [4.69, 9.17) is 5.73 Å². The highest BCUT2D eigenvalue weighted by Crippen LogP contribution is 2.22. The first-order valence-corrected chi connectivity index (χ1v) is 5.42. The number of nitrogens with two attached hydrogens (primary N) is 1. The SMILES string of the molecule is NC1CCN(c2n[nH]c(CCC(F)(F)F)n2)C1. The van der Waals surface area contributed by atoms with Crippen LogP contribution in [0.3, 0.4) is 0 Å². The van der Waals surface area contributed by atoms with Crippen LogP contribution in [0.1, 0.15) is 18.7 Å². The number of rotatable bonds is 3. The maximum atomic E-state index is 12.0. The summed E-state index contributed by atoms with van der Waals surface area (Å²) in [5.74, 6) is 0.702. The molecule has 1 fully saturated rings. The van der Waals surface area contributed by atoms with Gasteiger partial charge in [0.05, 0.1) is 6.42 Å². The maximum absolute atomic E-state index is 12.0. The number of aromatic nitrogens is 3. The van der Waals surface area contributed by atoms with E-state index in [2.05, 4.69) is 15.2 Å². The Morgan fingerprint density at radius 2 is 2.24 bits per heavy atom. The molecule has 0 radical (unpaired) electrons. The standard InChI is InChI=1S/C9H14F3N5/c10-9(11,12)3-1-7-14-8(16-15-7)17-4-2-6(13)5-17/h6H,1-5,13H2,(H,14,15,16). The van der Waals surface area contributed by atoms with Gasteiger partial charge in [0, 0.05) is 25.6 Å². The van der Waals surface area contributed by atoms with Crippen molar-refractivity contribution in [3.63, 3.8) is 0 Å². The van der Waals surface area contributed by atoms with Crippen molar-refractivity contribution in [3.8, 4) is 0 Å². The summed E-state index contributed by atoms with van der Waals surface area (Å²) in [7, 11) is 0. The number of nitrogens with zero attached hydrogens (tertiary/aromatic N) is 3. The van der Waals surface area contributed by atoms with Gasteiger partial charge in [-0.05, 0) is 6.42 Å². The van der Waals surface area contributed by atoms with E-state index in [1.807, 2.05) is 4.90 Å². The Morgan fingerprint density at radius 3 is 2.82 bits per heavy atom. The Hall–Kier alpha value is -1.31. The summed E-state index contributed by atoms with van der Waals surface area (Å²) in [6.07, 6.45) is -4.37. The molecule has 0 aliphatic carbocycles. The number of alkyl halides is 3. The lowest BCUT2D eigenvalue weighted by atomic mass is 10.3. The lowest BCUT2D eigenvalue weighted by molar-refractivity contribution is -0.134. The minimum atomic E-state index is -4.16. The van der Waals surface area contributed by atoms with Crippen LogP contribution in [0.5, 0.6) is 0 Å². The number of halogens is 3. The molecule has 0 aromatic carbocycles. The summed E-state index contributed by atoms with van der Waals surface area (Å²) in [5.41, 5.74) is 5.73. The average molecular weight is 249 g/mol. The Kier molecular flexibility index (Phi) is 3.23. The molecule has 17 heavy (non-hydrogen) atoms. The first kappa shape index (κ1) is 12.2. The van der Waals surface area contributed by atoms with Gasteiger partial charge in [0.1, 0.15) is 5.82 Å². The van der Waals surface area contributed by atoms with E-state index >= 15 is 0 Å². The van der Waals surface area contributed by atoms with Gasteiger partial charge in [-0.1, -0.05) is 0 Å². The van der Waals surface area contributed by atoms with E-state index in [-0.39, 0.29) is 18.3 Å². The topological polar surface area (TPSA) is 70.8 Å². The molecule has 1 aromatic heterocycles. The van der Waals surface area contributed by atoms with Gasteiger partial charge in [-0.2, -0.15) is 18.2 Å². The largest absolute Gasteiger partial charge is 0.389 e. The van der Waals surface area contributed by atoms with Gasteiger partial charge in [-0.3, -0.25) is 5.10 Å². The van der Waals surface area contributed by atoms with Gasteiger partial charge in [0.25, 0.3) is 0 Å². The van der Waals surface area contributed by atoms with Crippen LogP contribution in [-0.2, 0) is 6.42 Å². The first-order chi connectivity index (χ1) is 7.94. The third-order valence-electron chi connectivity index (χ3n) is 2.67. The lowest BCUT2D eigenvalue weighted by Crippen LogP contribution is -2.27. The van der Waals surface area contributed by atoms with E-state index in [9.17, 15) is 13.2 Å². The summed E-state index contributed by atoms with van der Waals surface area (Å²) in [6.45, 7) is 1.40. The molecule has 0 bridgehead atoms. The third kappa shape index (κ3) is 3.32. The molecule has 0 spiro atoms. The van der Waals surface area contributed by atoms with E-state index in [0.717, 1.165) is 13.0 Å². The minimum absolute atomic E-state index is 0.0899. The molecule has 0 amide bonds. The molecular weight excluding hydrogens is 235 g/mol. The first-order valence-electron chi connectivity index (χ1n) is 5.42. The van der Waals surface area contributed by atoms with Crippen LogP contribution in [0.25, 0.3) is 0 Å². The van der Waals surface area contributed by atoms with Crippen molar-refractivity contribution in [2.24, 2.45) is 5.73 Å². The van der Waals surface area contributed by atoms with Crippen LogP contribution in [-0.4, -0.2) is 40.5 Å². The fourth-order valence-corrected chi connectivity index (χ4v) is 1.77. The Bertz CT molecular complexity index is 375. The van der Waals surface area contributed by atoms with Crippen molar-refractivity contribution in [1.29, 1.82) is 0 Å². The number of aromatic amines is 1. The highest BCUT2D eigenvalue weighted by Gasteiger charge is 2.28. The Labute approximate surface area is 96.2 Å². The van der Waals surface area contributed by atoms with Crippen LogP contribution < -0.4 is 10.6 Å². The molecule has 8 heteroatoms. The van der Waals surface area contributed by atoms with Crippen molar-refractivity contribution in [2.45, 2.75) is 31.5 Å². The molecule has 1 atom stereocenters. The molecular formula is C9H14F3N5. The second-order valence-electron chi connectivity index (χ2n) is 4.19. The molecule has 2 heterocycles. The molecule has 1 saturated heterocycles. The minimum Gasteiger partial charge on any atom is -0.338 e. The van der Waals surface area contributed by atoms with Crippen molar-refractivity contribution < 1.29 is 13.2 Å². The Balaban J connectivity index is 1.92. The van der Waals surface area contributed by atoms with Gasteiger partial charge in [0.2, 0.25) is 5.95 Å². The Morgan fingerprint density at radius 1 is 1.47 bits per heavy atom. The van der Waals surface area contributed by atoms with Gasteiger partial charge < -0.3 is 10.6 Å². The van der Waals surface area contributed by atoms with Crippen LogP contribution in [0.4, 0.5) is 19.1 Å². The zero-order chi connectivity index (χ0) is 12.5. The number of anilines is 1.